The number of nitrogens with one attached hydrogen (secondary N) is 2. The first-order valence-electron chi connectivity index (χ1n) is 12.8. The summed E-state index contributed by atoms with van der Waals surface area (Å²) in [6.07, 6.45) is 0.434. The molecule has 2 amide bonds. The third-order valence-electron chi connectivity index (χ3n) is 5.98. The summed E-state index contributed by atoms with van der Waals surface area (Å²) >= 11 is 0. The van der Waals surface area contributed by atoms with Crippen LogP contribution < -0.4 is 16.4 Å². The molecular formula is C27H38F3N3O5. The van der Waals surface area contributed by atoms with Crippen molar-refractivity contribution in [2.24, 2.45) is 5.73 Å². The van der Waals surface area contributed by atoms with Gasteiger partial charge in [-0.05, 0) is 80.1 Å². The van der Waals surface area contributed by atoms with E-state index in [1.165, 1.54) is 12.1 Å². The lowest BCUT2D eigenvalue weighted by atomic mass is 10.0. The number of aliphatic hydroxyl groups excluding tert-OH is 2. The predicted octanol–water partition coefficient (Wildman–Crippen LogP) is 4.62. The lowest BCUT2D eigenvalue weighted by Gasteiger charge is -2.14. The molecule has 0 aliphatic rings. The number of hydrogen-bond acceptors (Lipinski definition) is 6. The summed E-state index contributed by atoms with van der Waals surface area (Å²) in [5, 5.41) is 34.5. The number of carbonyl (C=O) groups is 1. The third kappa shape index (κ3) is 11.7. The van der Waals surface area contributed by atoms with Crippen molar-refractivity contribution in [3.05, 3.63) is 58.7 Å². The van der Waals surface area contributed by atoms with E-state index in [0.29, 0.717) is 55.7 Å². The van der Waals surface area contributed by atoms with E-state index in [1.54, 1.807) is 12.1 Å². The quantitative estimate of drug-likeness (QED) is 0.162. The number of hydrogen-bond donors (Lipinski definition) is 6. The van der Waals surface area contributed by atoms with Crippen LogP contribution in [0.4, 0.5) is 23.7 Å². The molecule has 212 valence electrons. The predicted molar refractivity (Wildman–Crippen MR) is 139 cm³/mol. The number of unbranched alkanes of at least 4 members (excludes halogenated alkanes) is 4. The minimum atomic E-state index is -4.51. The number of alkyl halides is 3. The van der Waals surface area contributed by atoms with Crippen molar-refractivity contribution in [2.45, 2.75) is 63.8 Å². The highest BCUT2D eigenvalue weighted by atomic mass is 19.4. The number of rotatable bonds is 17. The molecule has 1 atom stereocenters. The van der Waals surface area contributed by atoms with Crippen LogP contribution in [0, 0.1) is 0 Å². The van der Waals surface area contributed by atoms with Gasteiger partial charge in [-0.1, -0.05) is 18.9 Å². The summed E-state index contributed by atoms with van der Waals surface area (Å²) in [6.45, 7) is 2.00. The van der Waals surface area contributed by atoms with Gasteiger partial charge in [0.2, 0.25) is 0 Å². The SMILES string of the molecule is NC(=O)Nc1cc(CCCCOCCCCCCNC[C@@H](O)c2ccc(O)c(CO)c2)cc(C(F)(F)F)c1. The van der Waals surface area contributed by atoms with Gasteiger partial charge in [0.1, 0.15) is 5.75 Å². The fraction of sp³-hybridized carbons (Fsp3) is 0.519. The van der Waals surface area contributed by atoms with Gasteiger partial charge in [-0.25, -0.2) is 4.79 Å². The molecule has 8 nitrogen and oxygen atoms in total. The minimum Gasteiger partial charge on any atom is -0.508 e. The zero-order chi connectivity index (χ0) is 28.0. The number of aromatic hydroxyl groups is 1. The highest BCUT2D eigenvalue weighted by Crippen LogP contribution is 2.32. The van der Waals surface area contributed by atoms with Crippen LogP contribution in [0.25, 0.3) is 0 Å². The van der Waals surface area contributed by atoms with E-state index in [1.807, 2.05) is 0 Å². The lowest BCUT2D eigenvalue weighted by Crippen LogP contribution is -2.22. The molecule has 0 unspecified atom stereocenters. The highest BCUT2D eigenvalue weighted by molar-refractivity contribution is 5.88. The number of ether oxygens (including phenoxy) is 1. The maximum Gasteiger partial charge on any atom is 0.416 e. The Morgan fingerprint density at radius 3 is 2.39 bits per heavy atom. The van der Waals surface area contributed by atoms with Crippen LogP contribution in [0.1, 0.15) is 66.9 Å². The summed E-state index contributed by atoms with van der Waals surface area (Å²) < 4.78 is 44.9. The van der Waals surface area contributed by atoms with E-state index < -0.39 is 23.9 Å². The number of primary amides is 1. The van der Waals surface area contributed by atoms with Gasteiger partial charge >= 0.3 is 12.2 Å². The standard InChI is InChI=1S/C27H38F3N3O5/c28-27(29,30)22-13-19(14-23(16-22)33-26(31)37)7-3-6-12-38-11-5-2-1-4-10-32-17-25(36)20-8-9-24(35)21(15-20)18-34/h8-9,13-16,25,32,34-36H,1-7,10-12,17-18H2,(H3,31,33,37)/t25-/m1/s1. The molecule has 38 heavy (non-hydrogen) atoms. The van der Waals surface area contributed by atoms with Gasteiger partial charge in [-0.3, -0.25) is 0 Å². The summed E-state index contributed by atoms with van der Waals surface area (Å²) in [4.78, 5) is 11.0. The number of benzene rings is 2. The molecule has 0 saturated heterocycles. The summed E-state index contributed by atoms with van der Waals surface area (Å²) in [5.74, 6) is 0.00473. The Balaban J connectivity index is 1.51. The van der Waals surface area contributed by atoms with Gasteiger partial charge < -0.3 is 36.4 Å². The first-order chi connectivity index (χ1) is 18.1. The van der Waals surface area contributed by atoms with E-state index in [-0.39, 0.29) is 18.0 Å². The molecule has 0 aromatic heterocycles. The summed E-state index contributed by atoms with van der Waals surface area (Å²) in [7, 11) is 0. The number of urea groups is 1. The van der Waals surface area contributed by atoms with Gasteiger partial charge in [-0.2, -0.15) is 13.2 Å². The van der Waals surface area contributed by atoms with Crippen LogP contribution in [0.15, 0.2) is 36.4 Å². The van der Waals surface area contributed by atoms with Crippen LogP contribution in [0.3, 0.4) is 0 Å². The zero-order valence-corrected chi connectivity index (χ0v) is 21.4. The van der Waals surface area contributed by atoms with Crippen LogP contribution in [-0.4, -0.2) is 47.7 Å². The number of anilines is 1. The molecule has 0 radical (unpaired) electrons. The Morgan fingerprint density at radius 2 is 1.71 bits per heavy atom. The fourth-order valence-electron chi connectivity index (χ4n) is 3.95. The Kier molecular flexibility index (Phi) is 13.4. The summed E-state index contributed by atoms with van der Waals surface area (Å²) in [5.41, 5.74) is 5.72. The molecule has 0 heterocycles. The van der Waals surface area contributed by atoms with Gasteiger partial charge in [0.15, 0.2) is 0 Å². The molecule has 2 aromatic rings. The zero-order valence-electron chi connectivity index (χ0n) is 21.4. The van der Waals surface area contributed by atoms with Crippen molar-refractivity contribution in [3.63, 3.8) is 0 Å². The van der Waals surface area contributed by atoms with Gasteiger partial charge in [0, 0.05) is 31.0 Å². The second-order valence-electron chi connectivity index (χ2n) is 9.16. The van der Waals surface area contributed by atoms with Gasteiger partial charge in [0.25, 0.3) is 0 Å². The average molecular weight is 542 g/mol. The molecule has 0 aliphatic heterocycles. The maximum atomic E-state index is 13.1. The molecule has 0 bridgehead atoms. The van der Waals surface area contributed by atoms with E-state index in [2.05, 4.69) is 10.6 Å². The number of halogens is 3. The topological polar surface area (TPSA) is 137 Å². The second-order valence-corrected chi connectivity index (χ2v) is 9.16. The second kappa shape index (κ2) is 16.2. The number of aliphatic hydroxyl groups is 2. The molecule has 7 N–H and O–H groups in total. The highest BCUT2D eigenvalue weighted by Gasteiger charge is 2.31. The number of phenols is 1. The first-order valence-corrected chi connectivity index (χ1v) is 12.8. The van der Waals surface area contributed by atoms with Crippen LogP contribution >= 0.6 is 0 Å². The number of nitrogens with two attached hydrogens (primary N) is 1. The maximum absolute atomic E-state index is 13.1. The average Bonchev–Trinajstić information content (AvgIpc) is 2.86. The first kappa shape index (κ1) is 31.4. The Morgan fingerprint density at radius 1 is 1.00 bits per heavy atom. The molecule has 0 fully saturated rings. The molecule has 11 heteroatoms. The normalized spacial score (nSPS) is 12.4. The fourth-order valence-corrected chi connectivity index (χ4v) is 3.95. The van der Waals surface area contributed by atoms with Crippen LogP contribution in [0.5, 0.6) is 5.75 Å². The summed E-state index contributed by atoms with van der Waals surface area (Å²) in [6, 6.07) is 7.22. The van der Waals surface area contributed by atoms with Gasteiger partial charge in [0.05, 0.1) is 18.3 Å². The van der Waals surface area contributed by atoms with E-state index >= 15 is 0 Å². The van der Waals surface area contributed by atoms with Crippen molar-refractivity contribution in [2.75, 3.05) is 31.6 Å². The van der Waals surface area contributed by atoms with Crippen molar-refractivity contribution in [1.29, 1.82) is 0 Å². The minimum absolute atomic E-state index is 0.00473. The molecule has 2 rings (SSSR count). The van der Waals surface area contributed by atoms with E-state index in [4.69, 9.17) is 10.5 Å². The van der Waals surface area contributed by atoms with E-state index in [0.717, 1.165) is 44.4 Å². The van der Waals surface area contributed by atoms with Gasteiger partial charge in [-0.15, -0.1) is 0 Å². The number of amides is 2. The van der Waals surface area contributed by atoms with E-state index in [9.17, 15) is 33.3 Å². The molecule has 0 spiro atoms. The molecule has 0 aliphatic carbocycles. The van der Waals surface area contributed by atoms with Crippen molar-refractivity contribution in [1.82, 2.24) is 5.32 Å². The Hall–Kier alpha value is -2.86. The molecular weight excluding hydrogens is 503 g/mol. The van der Waals surface area contributed by atoms with Crippen molar-refractivity contribution in [3.8, 4) is 5.75 Å². The molecule has 0 saturated carbocycles. The molecule has 2 aromatic carbocycles. The Labute approximate surface area is 221 Å². The number of carbonyl (C=O) groups excluding carboxylic acids is 1. The third-order valence-corrected chi connectivity index (χ3v) is 5.98. The Bertz CT molecular complexity index is 1000. The largest absolute Gasteiger partial charge is 0.508 e. The number of aryl methyl sites for hydroxylation is 1. The smallest absolute Gasteiger partial charge is 0.416 e. The van der Waals surface area contributed by atoms with Crippen molar-refractivity contribution < 1.29 is 38.0 Å². The monoisotopic (exact) mass is 541 g/mol. The van der Waals surface area contributed by atoms with Crippen molar-refractivity contribution >= 4 is 11.7 Å². The van der Waals surface area contributed by atoms with Crippen LogP contribution in [-0.2, 0) is 23.9 Å². The van der Waals surface area contributed by atoms with Crippen LogP contribution in [0.2, 0.25) is 0 Å². The lowest BCUT2D eigenvalue weighted by molar-refractivity contribution is -0.137.